The van der Waals surface area contributed by atoms with Gasteiger partial charge in [-0.2, -0.15) is 0 Å². The Hall–Kier alpha value is -0.410. The second-order valence-corrected chi connectivity index (χ2v) is 3.27. The third kappa shape index (κ3) is 2.99. The van der Waals surface area contributed by atoms with E-state index in [9.17, 15) is 0 Å². The van der Waals surface area contributed by atoms with Crippen molar-refractivity contribution in [2.75, 3.05) is 6.54 Å². The predicted molar refractivity (Wildman–Crippen MR) is 49.3 cm³/mol. The third-order valence-electron chi connectivity index (χ3n) is 1.42. The number of aromatic nitrogens is 1. The molecule has 2 nitrogen and oxygen atoms in total. The molecule has 0 aromatic carbocycles. The maximum Gasteiger partial charge on any atom is 0.0415 e. The second kappa shape index (κ2) is 4.46. The van der Waals surface area contributed by atoms with Crippen LogP contribution in [0.2, 0.25) is 0 Å². The summed E-state index contributed by atoms with van der Waals surface area (Å²) in [7, 11) is 0. The molecule has 60 valence electrons. The normalized spacial score (nSPS) is 10.0. The highest BCUT2D eigenvalue weighted by Gasteiger charge is 1.93. The molecular weight excluding hydrogens is 204 g/mol. The van der Waals surface area contributed by atoms with Crippen molar-refractivity contribution in [2.45, 2.75) is 12.8 Å². The molecule has 0 spiro atoms. The Morgan fingerprint density at radius 2 is 2.36 bits per heavy atom. The van der Waals surface area contributed by atoms with Crippen LogP contribution in [-0.4, -0.2) is 11.5 Å². The maximum absolute atomic E-state index is 5.37. The summed E-state index contributed by atoms with van der Waals surface area (Å²) in [6.45, 7) is 0.730. The van der Waals surface area contributed by atoms with E-state index in [2.05, 4.69) is 20.9 Å². The highest BCUT2D eigenvalue weighted by Crippen LogP contribution is 2.09. The van der Waals surface area contributed by atoms with Gasteiger partial charge in [0.1, 0.15) is 0 Å². The van der Waals surface area contributed by atoms with Gasteiger partial charge in [-0.05, 0) is 31.5 Å². The standard InChI is InChI=1S/C8H11BrN2/c9-7-3-5-11-8(6-7)2-1-4-10/h3,5-6H,1-2,4,10H2. The van der Waals surface area contributed by atoms with E-state index in [-0.39, 0.29) is 0 Å². The Kier molecular flexibility index (Phi) is 3.52. The number of hydrogen-bond acceptors (Lipinski definition) is 2. The first-order valence-electron chi connectivity index (χ1n) is 3.63. The lowest BCUT2D eigenvalue weighted by Gasteiger charge is -1.97. The van der Waals surface area contributed by atoms with Gasteiger partial charge in [-0.25, -0.2) is 0 Å². The SMILES string of the molecule is NCCCc1cc(Br)ccn1. The van der Waals surface area contributed by atoms with Gasteiger partial charge in [0.2, 0.25) is 0 Å². The minimum Gasteiger partial charge on any atom is -0.330 e. The van der Waals surface area contributed by atoms with Gasteiger partial charge in [-0.3, -0.25) is 4.98 Å². The van der Waals surface area contributed by atoms with Crippen LogP contribution in [0.5, 0.6) is 0 Å². The molecular formula is C8H11BrN2. The summed E-state index contributed by atoms with van der Waals surface area (Å²) < 4.78 is 1.08. The van der Waals surface area contributed by atoms with Crippen LogP contribution in [0, 0.1) is 0 Å². The van der Waals surface area contributed by atoms with E-state index in [0.717, 1.165) is 29.6 Å². The smallest absolute Gasteiger partial charge is 0.0415 e. The van der Waals surface area contributed by atoms with Crippen molar-refractivity contribution in [1.29, 1.82) is 0 Å². The molecule has 0 aliphatic carbocycles. The van der Waals surface area contributed by atoms with E-state index in [1.807, 2.05) is 12.1 Å². The molecule has 0 fully saturated rings. The van der Waals surface area contributed by atoms with E-state index >= 15 is 0 Å². The average Bonchev–Trinajstić information content (AvgIpc) is 2.01. The van der Waals surface area contributed by atoms with Crippen molar-refractivity contribution in [2.24, 2.45) is 5.73 Å². The molecule has 11 heavy (non-hydrogen) atoms. The Bertz CT molecular complexity index is 225. The number of nitrogens with two attached hydrogens (primary N) is 1. The molecule has 0 aliphatic heterocycles. The van der Waals surface area contributed by atoms with Crippen LogP contribution in [0.25, 0.3) is 0 Å². The number of aryl methyl sites for hydroxylation is 1. The van der Waals surface area contributed by atoms with Gasteiger partial charge in [-0.1, -0.05) is 15.9 Å². The Morgan fingerprint density at radius 1 is 1.55 bits per heavy atom. The van der Waals surface area contributed by atoms with Gasteiger partial charge in [-0.15, -0.1) is 0 Å². The predicted octanol–water partition coefficient (Wildman–Crippen LogP) is 1.74. The molecule has 0 atom stereocenters. The summed E-state index contributed by atoms with van der Waals surface area (Å²) in [6.07, 6.45) is 3.77. The number of rotatable bonds is 3. The van der Waals surface area contributed by atoms with Crippen LogP contribution in [0.1, 0.15) is 12.1 Å². The fraction of sp³-hybridized carbons (Fsp3) is 0.375. The molecule has 0 unspecified atom stereocenters. The number of hydrogen-bond donors (Lipinski definition) is 1. The minimum atomic E-state index is 0.730. The van der Waals surface area contributed by atoms with Crippen LogP contribution in [-0.2, 0) is 6.42 Å². The van der Waals surface area contributed by atoms with Crippen molar-refractivity contribution >= 4 is 15.9 Å². The van der Waals surface area contributed by atoms with Gasteiger partial charge < -0.3 is 5.73 Å². The van der Waals surface area contributed by atoms with Crippen LogP contribution in [0.4, 0.5) is 0 Å². The summed E-state index contributed by atoms with van der Waals surface area (Å²) in [4.78, 5) is 4.19. The topological polar surface area (TPSA) is 38.9 Å². The molecule has 0 saturated carbocycles. The van der Waals surface area contributed by atoms with E-state index < -0.39 is 0 Å². The van der Waals surface area contributed by atoms with E-state index in [0.29, 0.717) is 0 Å². The zero-order chi connectivity index (χ0) is 8.10. The first kappa shape index (κ1) is 8.68. The fourth-order valence-electron chi connectivity index (χ4n) is 0.869. The van der Waals surface area contributed by atoms with Gasteiger partial charge in [0, 0.05) is 16.4 Å². The Labute approximate surface area is 75.0 Å². The molecule has 1 heterocycles. The van der Waals surface area contributed by atoms with Crippen molar-refractivity contribution in [1.82, 2.24) is 4.98 Å². The van der Waals surface area contributed by atoms with Gasteiger partial charge in [0.25, 0.3) is 0 Å². The lowest BCUT2D eigenvalue weighted by Crippen LogP contribution is -2.01. The van der Waals surface area contributed by atoms with E-state index in [1.165, 1.54) is 0 Å². The molecule has 1 aromatic heterocycles. The second-order valence-electron chi connectivity index (χ2n) is 2.36. The van der Waals surface area contributed by atoms with Crippen LogP contribution >= 0.6 is 15.9 Å². The van der Waals surface area contributed by atoms with Crippen molar-refractivity contribution in [3.05, 3.63) is 28.5 Å². The number of halogens is 1. The molecule has 1 rings (SSSR count). The molecule has 0 aliphatic rings. The van der Waals surface area contributed by atoms with Crippen LogP contribution in [0.3, 0.4) is 0 Å². The molecule has 0 saturated heterocycles. The molecule has 0 bridgehead atoms. The summed E-state index contributed by atoms with van der Waals surface area (Å²) in [5.74, 6) is 0. The molecule has 3 heteroatoms. The summed E-state index contributed by atoms with van der Waals surface area (Å²) in [5.41, 5.74) is 6.48. The highest BCUT2D eigenvalue weighted by molar-refractivity contribution is 9.10. The van der Waals surface area contributed by atoms with Crippen LogP contribution < -0.4 is 5.73 Å². The maximum atomic E-state index is 5.37. The Morgan fingerprint density at radius 3 is 3.00 bits per heavy atom. The minimum absolute atomic E-state index is 0.730. The summed E-state index contributed by atoms with van der Waals surface area (Å²) >= 11 is 3.38. The van der Waals surface area contributed by atoms with Gasteiger partial charge >= 0.3 is 0 Å². The van der Waals surface area contributed by atoms with Crippen LogP contribution in [0.15, 0.2) is 22.8 Å². The molecule has 1 aromatic rings. The largest absolute Gasteiger partial charge is 0.330 e. The zero-order valence-electron chi connectivity index (χ0n) is 6.26. The molecule has 0 amide bonds. The summed E-state index contributed by atoms with van der Waals surface area (Å²) in [5, 5.41) is 0. The van der Waals surface area contributed by atoms with E-state index in [4.69, 9.17) is 5.73 Å². The number of pyridine rings is 1. The zero-order valence-corrected chi connectivity index (χ0v) is 7.84. The average molecular weight is 215 g/mol. The van der Waals surface area contributed by atoms with Crippen molar-refractivity contribution < 1.29 is 0 Å². The molecule has 0 radical (unpaired) electrons. The Balaban J connectivity index is 2.56. The summed E-state index contributed by atoms with van der Waals surface area (Å²) in [6, 6.07) is 3.95. The van der Waals surface area contributed by atoms with Crippen molar-refractivity contribution in [3.63, 3.8) is 0 Å². The fourth-order valence-corrected chi connectivity index (χ4v) is 1.25. The third-order valence-corrected chi connectivity index (χ3v) is 1.91. The highest BCUT2D eigenvalue weighted by atomic mass is 79.9. The quantitative estimate of drug-likeness (QED) is 0.833. The molecule has 2 N–H and O–H groups in total. The lowest BCUT2D eigenvalue weighted by molar-refractivity contribution is 0.810. The number of nitrogens with zero attached hydrogens (tertiary/aromatic N) is 1. The first-order valence-corrected chi connectivity index (χ1v) is 4.42. The van der Waals surface area contributed by atoms with Gasteiger partial charge in [0.05, 0.1) is 0 Å². The van der Waals surface area contributed by atoms with Gasteiger partial charge in [0.15, 0.2) is 0 Å². The van der Waals surface area contributed by atoms with E-state index in [1.54, 1.807) is 6.20 Å². The monoisotopic (exact) mass is 214 g/mol. The lowest BCUT2D eigenvalue weighted by atomic mass is 10.2. The van der Waals surface area contributed by atoms with Crippen molar-refractivity contribution in [3.8, 4) is 0 Å². The first-order chi connectivity index (χ1) is 5.33.